The van der Waals surface area contributed by atoms with Gasteiger partial charge in [-0.2, -0.15) is 5.26 Å². The van der Waals surface area contributed by atoms with Crippen molar-refractivity contribution in [3.8, 4) is 6.07 Å². The van der Waals surface area contributed by atoms with Gasteiger partial charge in [-0.25, -0.2) is 0 Å². The Morgan fingerprint density at radius 1 is 0.963 bits per heavy atom. The Morgan fingerprint density at radius 2 is 1.74 bits per heavy atom. The molecule has 0 amide bonds. The highest BCUT2D eigenvalue weighted by molar-refractivity contribution is 5.87. The smallest absolute Gasteiger partial charge is 0.174 e. The van der Waals surface area contributed by atoms with E-state index in [0.717, 1.165) is 48.6 Å². The molecule has 0 saturated carbocycles. The number of para-hydroxylation sites is 1. The van der Waals surface area contributed by atoms with E-state index >= 15 is 0 Å². The minimum atomic E-state index is 0.555. The molecule has 2 heterocycles. The first-order chi connectivity index (χ1) is 13.3. The van der Waals surface area contributed by atoms with Crippen molar-refractivity contribution in [3.05, 3.63) is 71.8 Å². The van der Waals surface area contributed by atoms with E-state index in [-0.39, 0.29) is 0 Å². The molecular formula is C22H21N5. The molecule has 1 aromatic heterocycles. The van der Waals surface area contributed by atoms with E-state index in [9.17, 15) is 5.26 Å². The zero-order valence-corrected chi connectivity index (χ0v) is 15.1. The van der Waals surface area contributed by atoms with Gasteiger partial charge in [0.1, 0.15) is 11.9 Å². The van der Waals surface area contributed by atoms with Crippen LogP contribution in [0.25, 0.3) is 11.6 Å². The van der Waals surface area contributed by atoms with Gasteiger partial charge in [-0.15, -0.1) is 10.2 Å². The largest absolute Gasteiger partial charge is 0.356 e. The minimum Gasteiger partial charge on any atom is -0.356 e. The molecule has 4 rings (SSSR count). The average Bonchev–Trinajstić information content (AvgIpc) is 2.96. The molecule has 1 aliphatic heterocycles. The Morgan fingerprint density at radius 3 is 2.52 bits per heavy atom. The molecular weight excluding hydrogens is 334 g/mol. The molecule has 1 N–H and O–H groups in total. The van der Waals surface area contributed by atoms with E-state index in [0.29, 0.717) is 11.4 Å². The lowest BCUT2D eigenvalue weighted by atomic mass is 10.1. The fraction of sp³-hybridized carbons (Fsp3) is 0.227. The summed E-state index contributed by atoms with van der Waals surface area (Å²) in [5.74, 6) is 1.67. The number of aryl methyl sites for hydroxylation is 1. The van der Waals surface area contributed by atoms with Crippen molar-refractivity contribution in [2.45, 2.75) is 32.2 Å². The first-order valence-corrected chi connectivity index (χ1v) is 9.30. The number of hydrogen-bond donors (Lipinski definition) is 1. The molecule has 134 valence electrons. The monoisotopic (exact) mass is 355 g/mol. The summed E-state index contributed by atoms with van der Waals surface area (Å²) in [5.41, 5.74) is 3.58. The van der Waals surface area contributed by atoms with Crippen LogP contribution in [0.15, 0.2) is 54.6 Å². The van der Waals surface area contributed by atoms with E-state index in [4.69, 9.17) is 0 Å². The molecule has 0 spiro atoms. The first kappa shape index (κ1) is 17.0. The summed E-state index contributed by atoms with van der Waals surface area (Å²) in [4.78, 5) is 0. The quantitative estimate of drug-likeness (QED) is 0.682. The van der Waals surface area contributed by atoms with Crippen molar-refractivity contribution in [1.82, 2.24) is 14.8 Å². The molecule has 0 fully saturated rings. The second-order valence-electron chi connectivity index (χ2n) is 6.68. The summed E-state index contributed by atoms with van der Waals surface area (Å²) in [6.45, 7) is 0.886. The topological polar surface area (TPSA) is 66.5 Å². The van der Waals surface area contributed by atoms with Crippen LogP contribution in [0, 0.1) is 11.3 Å². The van der Waals surface area contributed by atoms with Crippen LogP contribution in [-0.2, 0) is 13.0 Å². The molecule has 0 unspecified atom stereocenters. The zero-order valence-electron chi connectivity index (χ0n) is 15.1. The third-order valence-electron chi connectivity index (χ3n) is 4.76. The van der Waals surface area contributed by atoms with Gasteiger partial charge in [0.25, 0.3) is 0 Å². The number of hydrogen-bond acceptors (Lipinski definition) is 4. The third-order valence-corrected chi connectivity index (χ3v) is 4.76. The minimum absolute atomic E-state index is 0.555. The maximum absolute atomic E-state index is 9.67. The van der Waals surface area contributed by atoms with Crippen molar-refractivity contribution < 1.29 is 0 Å². The second kappa shape index (κ2) is 7.88. The lowest BCUT2D eigenvalue weighted by molar-refractivity contribution is 0.627. The molecule has 0 saturated heterocycles. The van der Waals surface area contributed by atoms with Gasteiger partial charge in [-0.3, -0.25) is 0 Å². The van der Waals surface area contributed by atoms with Crippen LogP contribution in [0.2, 0.25) is 0 Å². The average molecular weight is 355 g/mol. The van der Waals surface area contributed by atoms with Crippen LogP contribution >= 0.6 is 0 Å². The van der Waals surface area contributed by atoms with Gasteiger partial charge in [-0.1, -0.05) is 36.8 Å². The summed E-state index contributed by atoms with van der Waals surface area (Å²) in [7, 11) is 0. The molecule has 2 aromatic carbocycles. The second-order valence-corrected chi connectivity index (χ2v) is 6.68. The van der Waals surface area contributed by atoms with Crippen LogP contribution in [-0.4, -0.2) is 14.8 Å². The number of nitrogens with zero attached hydrogens (tertiary/aromatic N) is 4. The number of rotatable bonds is 4. The van der Waals surface area contributed by atoms with Crippen molar-refractivity contribution in [2.75, 3.05) is 5.32 Å². The highest BCUT2D eigenvalue weighted by atomic mass is 15.3. The number of allylic oxidation sites excluding steroid dienone is 1. The zero-order chi connectivity index (χ0) is 18.5. The maximum atomic E-state index is 9.67. The van der Waals surface area contributed by atoms with Crippen LogP contribution in [0.5, 0.6) is 0 Å². The van der Waals surface area contributed by atoms with Gasteiger partial charge >= 0.3 is 0 Å². The van der Waals surface area contributed by atoms with E-state index in [1.807, 2.05) is 60.7 Å². The van der Waals surface area contributed by atoms with Crippen molar-refractivity contribution in [1.29, 1.82) is 5.26 Å². The number of nitrogens with one attached hydrogen (secondary N) is 1. The molecule has 1 aliphatic rings. The number of fused-ring (bicyclic) bond motifs is 1. The van der Waals surface area contributed by atoms with Crippen molar-refractivity contribution in [3.63, 3.8) is 0 Å². The van der Waals surface area contributed by atoms with Crippen LogP contribution in [0.4, 0.5) is 11.4 Å². The van der Waals surface area contributed by atoms with Gasteiger partial charge in [-0.05, 0) is 48.7 Å². The third kappa shape index (κ3) is 3.90. The maximum Gasteiger partial charge on any atom is 0.174 e. The Bertz CT molecular complexity index is 978. The van der Waals surface area contributed by atoms with Gasteiger partial charge < -0.3 is 9.88 Å². The molecule has 5 nitrogen and oxygen atoms in total. The number of anilines is 2. The standard InChI is InChI=1S/C22H21N5/c23-16-18(22-26-25-21-9-5-2-6-14-27(21)22)15-17-10-12-20(13-11-17)24-19-7-3-1-4-8-19/h1,3-4,7-8,10-13,15,24H,2,5-6,9,14H2/b18-15+. The van der Waals surface area contributed by atoms with E-state index in [1.165, 1.54) is 6.42 Å². The molecule has 27 heavy (non-hydrogen) atoms. The van der Waals surface area contributed by atoms with Crippen molar-refractivity contribution in [2.24, 2.45) is 0 Å². The molecule has 5 heteroatoms. The number of benzene rings is 2. The summed E-state index contributed by atoms with van der Waals surface area (Å²) in [6, 6.07) is 20.4. The predicted molar refractivity (Wildman–Crippen MR) is 107 cm³/mol. The Hall–Kier alpha value is -3.39. The Labute approximate surface area is 159 Å². The highest BCUT2D eigenvalue weighted by Crippen LogP contribution is 2.22. The van der Waals surface area contributed by atoms with E-state index in [2.05, 4.69) is 26.2 Å². The summed E-state index contributed by atoms with van der Waals surface area (Å²) >= 11 is 0. The molecule has 0 radical (unpaired) electrons. The van der Waals surface area contributed by atoms with Crippen LogP contribution in [0.1, 0.15) is 36.5 Å². The number of aromatic nitrogens is 3. The lowest BCUT2D eigenvalue weighted by Crippen LogP contribution is -2.05. The molecule has 3 aromatic rings. The molecule has 0 bridgehead atoms. The van der Waals surface area contributed by atoms with Crippen LogP contribution < -0.4 is 5.32 Å². The fourth-order valence-electron chi connectivity index (χ4n) is 3.35. The number of nitriles is 1. The fourth-order valence-corrected chi connectivity index (χ4v) is 3.35. The molecule has 0 aliphatic carbocycles. The Balaban J connectivity index is 1.57. The molecule has 0 atom stereocenters. The van der Waals surface area contributed by atoms with Gasteiger partial charge in [0.2, 0.25) is 0 Å². The summed E-state index contributed by atoms with van der Waals surface area (Å²) in [5, 5.41) is 21.6. The van der Waals surface area contributed by atoms with E-state index in [1.54, 1.807) is 0 Å². The van der Waals surface area contributed by atoms with Crippen LogP contribution in [0.3, 0.4) is 0 Å². The van der Waals surface area contributed by atoms with Gasteiger partial charge in [0.15, 0.2) is 5.82 Å². The normalized spacial score (nSPS) is 14.1. The van der Waals surface area contributed by atoms with Crippen molar-refractivity contribution >= 4 is 23.0 Å². The van der Waals surface area contributed by atoms with Gasteiger partial charge in [0.05, 0.1) is 5.57 Å². The highest BCUT2D eigenvalue weighted by Gasteiger charge is 2.17. The predicted octanol–water partition coefficient (Wildman–Crippen LogP) is 4.81. The SMILES string of the molecule is N#C/C(=C\c1ccc(Nc2ccccc2)cc1)c1nnc2n1CCCCC2. The first-order valence-electron chi connectivity index (χ1n) is 9.30. The van der Waals surface area contributed by atoms with Gasteiger partial charge in [0, 0.05) is 24.3 Å². The van der Waals surface area contributed by atoms with E-state index < -0.39 is 0 Å². The summed E-state index contributed by atoms with van der Waals surface area (Å²) < 4.78 is 2.10. The Kier molecular flexibility index (Phi) is 4.97. The summed E-state index contributed by atoms with van der Waals surface area (Å²) in [6.07, 6.45) is 6.26. The lowest BCUT2D eigenvalue weighted by Gasteiger charge is -2.07.